The summed E-state index contributed by atoms with van der Waals surface area (Å²) in [4.78, 5) is 24.7. The van der Waals surface area contributed by atoms with Crippen molar-refractivity contribution in [3.63, 3.8) is 0 Å². The highest BCUT2D eigenvalue weighted by Crippen LogP contribution is 2.38. The number of nitrogens with zero attached hydrogens (tertiary/aromatic N) is 1. The lowest BCUT2D eigenvalue weighted by Crippen LogP contribution is -2.28. The largest absolute Gasteiger partial charge is 0.493 e. The lowest BCUT2D eigenvalue weighted by Gasteiger charge is -2.19. The van der Waals surface area contributed by atoms with Gasteiger partial charge < -0.3 is 18.9 Å². The molecule has 1 saturated carbocycles. The summed E-state index contributed by atoms with van der Waals surface area (Å²) in [5.41, 5.74) is 3.64. The Balaban J connectivity index is 1.60. The van der Waals surface area contributed by atoms with Crippen LogP contribution in [0.15, 0.2) is 41.5 Å². The van der Waals surface area contributed by atoms with Crippen LogP contribution in [0.2, 0.25) is 0 Å². The van der Waals surface area contributed by atoms with Crippen molar-refractivity contribution in [2.45, 2.75) is 32.1 Å². The maximum atomic E-state index is 12.6. The van der Waals surface area contributed by atoms with Crippen molar-refractivity contribution >= 4 is 18.1 Å². The van der Waals surface area contributed by atoms with E-state index in [2.05, 4.69) is 10.5 Å². The van der Waals surface area contributed by atoms with Crippen LogP contribution in [-0.2, 0) is 4.79 Å². The van der Waals surface area contributed by atoms with Gasteiger partial charge in [0, 0.05) is 5.92 Å². The van der Waals surface area contributed by atoms with Gasteiger partial charge in [0.05, 0.1) is 33.1 Å². The molecule has 2 aromatic rings. The second-order valence-corrected chi connectivity index (χ2v) is 7.44. The number of hydrogen-bond donors (Lipinski definition) is 1. The Morgan fingerprint density at radius 2 is 1.56 bits per heavy atom. The number of nitrogens with one attached hydrogen (secondary N) is 1. The number of hydrogen-bond acceptors (Lipinski definition) is 7. The van der Waals surface area contributed by atoms with Gasteiger partial charge in [-0.3, -0.25) is 4.79 Å². The van der Waals surface area contributed by atoms with Crippen molar-refractivity contribution in [3.05, 3.63) is 47.5 Å². The Morgan fingerprint density at radius 3 is 2.12 bits per heavy atom. The monoisotopic (exact) mass is 440 g/mol. The molecule has 0 aromatic heterocycles. The van der Waals surface area contributed by atoms with Crippen molar-refractivity contribution < 1.29 is 28.5 Å². The van der Waals surface area contributed by atoms with Crippen LogP contribution in [-0.4, -0.2) is 39.4 Å². The number of ether oxygens (including phenoxy) is 4. The lowest BCUT2D eigenvalue weighted by atomic mass is 9.89. The molecule has 1 fully saturated rings. The van der Waals surface area contributed by atoms with Crippen LogP contribution in [0, 0.1) is 5.92 Å². The molecular formula is C24H28N2O6. The van der Waals surface area contributed by atoms with Crippen molar-refractivity contribution in [2.75, 3.05) is 21.3 Å². The van der Waals surface area contributed by atoms with Crippen molar-refractivity contribution in [2.24, 2.45) is 11.0 Å². The highest BCUT2D eigenvalue weighted by Gasteiger charge is 2.20. The predicted molar refractivity (Wildman–Crippen MR) is 120 cm³/mol. The molecule has 0 heterocycles. The summed E-state index contributed by atoms with van der Waals surface area (Å²) < 4.78 is 21.3. The molecule has 0 unspecified atom stereocenters. The van der Waals surface area contributed by atoms with Crippen molar-refractivity contribution in [1.29, 1.82) is 0 Å². The van der Waals surface area contributed by atoms with E-state index >= 15 is 0 Å². The predicted octanol–water partition coefficient (Wildman–Crippen LogP) is 3.96. The Morgan fingerprint density at radius 1 is 0.938 bits per heavy atom. The Labute approximate surface area is 187 Å². The van der Waals surface area contributed by atoms with E-state index in [0.29, 0.717) is 23.0 Å². The van der Waals surface area contributed by atoms with E-state index in [1.54, 1.807) is 30.5 Å². The summed E-state index contributed by atoms with van der Waals surface area (Å²) in [7, 11) is 4.44. The third-order valence-corrected chi connectivity index (χ3v) is 5.36. The Kier molecular flexibility index (Phi) is 8.08. The Hall–Kier alpha value is -3.55. The molecule has 3 rings (SSSR count). The highest BCUT2D eigenvalue weighted by molar-refractivity contribution is 5.93. The fraction of sp³-hybridized carbons (Fsp3) is 0.375. The second-order valence-electron chi connectivity index (χ2n) is 7.44. The summed E-state index contributed by atoms with van der Waals surface area (Å²) in [5.74, 6) is 0.944. The first-order valence-electron chi connectivity index (χ1n) is 10.5. The van der Waals surface area contributed by atoms with Gasteiger partial charge in [-0.1, -0.05) is 19.3 Å². The molecule has 1 aliphatic rings. The highest BCUT2D eigenvalue weighted by atomic mass is 16.5. The molecular weight excluding hydrogens is 412 g/mol. The third kappa shape index (κ3) is 5.78. The SMILES string of the molecule is COc1cc(C(=O)Oc2ccc(/C=N/NC(=O)C3CCCCC3)cc2)cc(OC)c1OC. The molecule has 1 N–H and O–H groups in total. The summed E-state index contributed by atoms with van der Waals surface area (Å²) >= 11 is 0. The van der Waals surface area contributed by atoms with Crippen LogP contribution in [0.1, 0.15) is 48.0 Å². The first-order valence-corrected chi connectivity index (χ1v) is 10.5. The van der Waals surface area contributed by atoms with Gasteiger partial charge >= 0.3 is 5.97 Å². The molecule has 8 heteroatoms. The standard InChI is InChI=1S/C24H28N2O6/c1-29-20-13-18(14-21(30-2)22(20)31-3)24(28)32-19-11-9-16(10-12-19)15-25-26-23(27)17-7-5-4-6-8-17/h9-15,17H,4-8H2,1-3H3,(H,26,27)/b25-15+. The quantitative estimate of drug-likeness (QED) is 0.289. The van der Waals surface area contributed by atoms with E-state index in [-0.39, 0.29) is 17.4 Å². The average Bonchev–Trinajstić information content (AvgIpc) is 2.84. The second kappa shape index (κ2) is 11.2. The van der Waals surface area contributed by atoms with E-state index in [1.165, 1.54) is 39.9 Å². The minimum Gasteiger partial charge on any atom is -0.493 e. The topological polar surface area (TPSA) is 95.5 Å². The number of hydrazone groups is 1. The number of methoxy groups -OCH3 is 3. The molecule has 170 valence electrons. The number of benzene rings is 2. The van der Waals surface area contributed by atoms with Crippen LogP contribution >= 0.6 is 0 Å². The van der Waals surface area contributed by atoms with Crippen molar-refractivity contribution in [3.8, 4) is 23.0 Å². The first-order chi connectivity index (χ1) is 15.5. The minimum absolute atomic E-state index is 0.0307. The molecule has 0 saturated heterocycles. The van der Waals surface area contributed by atoms with Gasteiger partial charge in [0.25, 0.3) is 0 Å². The maximum absolute atomic E-state index is 12.6. The normalized spacial score (nSPS) is 14.1. The van der Waals surface area contributed by atoms with Gasteiger partial charge in [-0.2, -0.15) is 5.10 Å². The fourth-order valence-electron chi connectivity index (χ4n) is 3.61. The molecule has 32 heavy (non-hydrogen) atoms. The van der Waals surface area contributed by atoms with E-state index in [1.807, 2.05) is 0 Å². The smallest absolute Gasteiger partial charge is 0.343 e. The minimum atomic E-state index is -0.564. The van der Waals surface area contributed by atoms with Gasteiger partial charge in [-0.05, 0) is 54.8 Å². The van der Waals surface area contributed by atoms with Crippen LogP contribution in [0.25, 0.3) is 0 Å². The summed E-state index contributed by atoms with van der Waals surface area (Å²) in [6.45, 7) is 0. The molecule has 8 nitrogen and oxygen atoms in total. The van der Waals surface area contributed by atoms with Crippen molar-refractivity contribution in [1.82, 2.24) is 5.43 Å². The Bertz CT molecular complexity index is 940. The molecule has 0 spiro atoms. The zero-order chi connectivity index (χ0) is 22.9. The average molecular weight is 440 g/mol. The summed E-state index contributed by atoms with van der Waals surface area (Å²) in [6.07, 6.45) is 6.80. The van der Waals surface area contributed by atoms with E-state index in [0.717, 1.165) is 31.2 Å². The molecule has 0 atom stereocenters. The van der Waals surface area contributed by atoms with Crippen LogP contribution in [0.4, 0.5) is 0 Å². The van der Waals surface area contributed by atoms with E-state index < -0.39 is 5.97 Å². The molecule has 0 radical (unpaired) electrons. The number of carbonyl (C=O) groups is 2. The summed E-state index contributed by atoms with van der Waals surface area (Å²) in [5, 5.41) is 4.04. The lowest BCUT2D eigenvalue weighted by molar-refractivity contribution is -0.125. The van der Waals surface area contributed by atoms with Crippen LogP contribution in [0.5, 0.6) is 23.0 Å². The number of esters is 1. The molecule has 1 amide bonds. The molecule has 1 aliphatic carbocycles. The zero-order valence-electron chi connectivity index (χ0n) is 18.6. The van der Waals surface area contributed by atoms with Crippen LogP contribution < -0.4 is 24.4 Å². The van der Waals surface area contributed by atoms with Crippen LogP contribution in [0.3, 0.4) is 0 Å². The maximum Gasteiger partial charge on any atom is 0.343 e. The zero-order valence-corrected chi connectivity index (χ0v) is 18.6. The fourth-order valence-corrected chi connectivity index (χ4v) is 3.61. The van der Waals surface area contributed by atoms with Gasteiger partial charge in [0.1, 0.15) is 5.75 Å². The third-order valence-electron chi connectivity index (χ3n) is 5.36. The number of carbonyl (C=O) groups excluding carboxylic acids is 2. The molecule has 2 aromatic carbocycles. The van der Waals surface area contributed by atoms with Gasteiger partial charge in [0.2, 0.25) is 11.7 Å². The molecule has 0 bridgehead atoms. The van der Waals surface area contributed by atoms with Gasteiger partial charge in [-0.15, -0.1) is 0 Å². The summed E-state index contributed by atoms with van der Waals surface area (Å²) in [6, 6.07) is 9.85. The van der Waals surface area contributed by atoms with Gasteiger partial charge in [0.15, 0.2) is 11.5 Å². The van der Waals surface area contributed by atoms with E-state index in [4.69, 9.17) is 18.9 Å². The number of amides is 1. The number of rotatable bonds is 8. The molecule has 0 aliphatic heterocycles. The first kappa shape index (κ1) is 23.1. The van der Waals surface area contributed by atoms with E-state index in [9.17, 15) is 9.59 Å². The van der Waals surface area contributed by atoms with Gasteiger partial charge in [-0.25, -0.2) is 10.2 Å².